The monoisotopic (exact) mass is 200 g/mol. The van der Waals surface area contributed by atoms with Gasteiger partial charge in [0.1, 0.15) is 5.15 Å². The van der Waals surface area contributed by atoms with Crippen LogP contribution >= 0.6 is 11.6 Å². The summed E-state index contributed by atoms with van der Waals surface area (Å²) in [5, 5.41) is 14.5. The molecule has 2 rings (SSSR count). The van der Waals surface area contributed by atoms with Crippen LogP contribution in [0.5, 0.6) is 0 Å². The highest BCUT2D eigenvalue weighted by Gasteiger charge is 2.28. The van der Waals surface area contributed by atoms with E-state index in [1.165, 1.54) is 0 Å². The molecule has 0 radical (unpaired) electrons. The van der Waals surface area contributed by atoms with E-state index in [1.54, 1.807) is 10.9 Å². The van der Waals surface area contributed by atoms with Crippen molar-refractivity contribution in [2.45, 2.75) is 38.3 Å². The second-order valence-electron chi connectivity index (χ2n) is 3.63. The van der Waals surface area contributed by atoms with Crippen molar-refractivity contribution in [3.05, 3.63) is 16.9 Å². The maximum absolute atomic E-state index is 9.66. The van der Waals surface area contributed by atoms with Gasteiger partial charge in [-0.1, -0.05) is 11.6 Å². The number of hydrogen-bond acceptors (Lipinski definition) is 2. The van der Waals surface area contributed by atoms with Gasteiger partial charge >= 0.3 is 0 Å². The Labute approximate surface area is 82.3 Å². The van der Waals surface area contributed by atoms with Crippen molar-refractivity contribution in [3.63, 3.8) is 0 Å². The first-order valence-electron chi connectivity index (χ1n) is 4.58. The van der Waals surface area contributed by atoms with Gasteiger partial charge in [0.25, 0.3) is 0 Å². The minimum atomic E-state index is -0.281. The molecule has 2 unspecified atom stereocenters. The highest BCUT2D eigenvalue weighted by atomic mass is 35.5. The third-order valence-corrected chi connectivity index (χ3v) is 3.13. The molecule has 3 nitrogen and oxygen atoms in total. The molecule has 1 N–H and O–H groups in total. The van der Waals surface area contributed by atoms with Gasteiger partial charge in [0, 0.05) is 5.56 Å². The molecule has 0 amide bonds. The Morgan fingerprint density at radius 2 is 2.38 bits per heavy atom. The van der Waals surface area contributed by atoms with Crippen molar-refractivity contribution in [2.24, 2.45) is 0 Å². The topological polar surface area (TPSA) is 38.0 Å². The lowest BCUT2D eigenvalue weighted by Gasteiger charge is -2.15. The number of aryl methyl sites for hydroxylation is 1. The van der Waals surface area contributed by atoms with Crippen LogP contribution in [0.1, 0.15) is 30.9 Å². The molecule has 1 fully saturated rings. The zero-order valence-corrected chi connectivity index (χ0v) is 8.33. The maximum Gasteiger partial charge on any atom is 0.130 e. The molecule has 1 saturated carbocycles. The summed E-state index contributed by atoms with van der Waals surface area (Å²) in [6, 6.07) is 0.0844. The lowest BCUT2D eigenvalue weighted by Crippen LogP contribution is -2.19. The molecular weight excluding hydrogens is 188 g/mol. The Bertz CT molecular complexity index is 311. The fourth-order valence-corrected chi connectivity index (χ4v) is 2.09. The van der Waals surface area contributed by atoms with E-state index in [0.717, 1.165) is 24.8 Å². The molecule has 2 atom stereocenters. The summed E-state index contributed by atoms with van der Waals surface area (Å²) in [5.41, 5.74) is 0.973. The summed E-state index contributed by atoms with van der Waals surface area (Å²) in [6.45, 7) is 1.92. The molecule has 0 aliphatic heterocycles. The van der Waals surface area contributed by atoms with Gasteiger partial charge < -0.3 is 5.11 Å². The van der Waals surface area contributed by atoms with Crippen LogP contribution in [0.3, 0.4) is 0 Å². The van der Waals surface area contributed by atoms with Crippen molar-refractivity contribution in [1.82, 2.24) is 9.78 Å². The fraction of sp³-hybridized carbons (Fsp3) is 0.667. The van der Waals surface area contributed by atoms with Crippen LogP contribution in [0.15, 0.2) is 6.20 Å². The van der Waals surface area contributed by atoms with E-state index in [-0.39, 0.29) is 12.1 Å². The molecule has 0 bridgehead atoms. The number of aliphatic hydroxyl groups is 1. The van der Waals surface area contributed by atoms with Crippen LogP contribution in [-0.4, -0.2) is 21.0 Å². The molecule has 72 valence electrons. The van der Waals surface area contributed by atoms with Gasteiger partial charge in [0.05, 0.1) is 18.3 Å². The standard InChI is InChI=1S/C9H13ClN2O/c1-6-5-11-12(9(6)10)7-3-2-4-8(7)13/h5,7-8,13H,2-4H2,1H3. The molecule has 0 spiro atoms. The summed E-state index contributed by atoms with van der Waals surface area (Å²) < 4.78 is 1.74. The van der Waals surface area contributed by atoms with Crippen LogP contribution in [0.25, 0.3) is 0 Å². The summed E-state index contributed by atoms with van der Waals surface area (Å²) in [5.74, 6) is 0. The zero-order chi connectivity index (χ0) is 9.42. The number of halogens is 1. The average molecular weight is 201 g/mol. The average Bonchev–Trinajstić information content (AvgIpc) is 2.62. The molecule has 1 aliphatic carbocycles. The second-order valence-corrected chi connectivity index (χ2v) is 3.99. The molecule has 1 aromatic heterocycles. The van der Waals surface area contributed by atoms with Crippen LogP contribution in [0, 0.1) is 6.92 Å². The van der Waals surface area contributed by atoms with Gasteiger partial charge in [0.2, 0.25) is 0 Å². The highest BCUT2D eigenvalue weighted by molar-refractivity contribution is 6.30. The lowest BCUT2D eigenvalue weighted by molar-refractivity contribution is 0.130. The third kappa shape index (κ3) is 1.46. The smallest absolute Gasteiger partial charge is 0.130 e. The Morgan fingerprint density at radius 3 is 2.85 bits per heavy atom. The number of rotatable bonds is 1. The van der Waals surface area contributed by atoms with Gasteiger partial charge in [-0.15, -0.1) is 0 Å². The van der Waals surface area contributed by atoms with Crippen molar-refractivity contribution < 1.29 is 5.11 Å². The predicted molar refractivity (Wildman–Crippen MR) is 50.9 cm³/mol. The molecule has 0 aromatic carbocycles. The molecule has 4 heteroatoms. The first-order valence-corrected chi connectivity index (χ1v) is 4.95. The molecule has 13 heavy (non-hydrogen) atoms. The first kappa shape index (κ1) is 9.03. The van der Waals surface area contributed by atoms with E-state index < -0.39 is 0 Å². The van der Waals surface area contributed by atoms with E-state index >= 15 is 0 Å². The summed E-state index contributed by atoms with van der Waals surface area (Å²) in [4.78, 5) is 0. The van der Waals surface area contributed by atoms with Crippen molar-refractivity contribution in [1.29, 1.82) is 0 Å². The van der Waals surface area contributed by atoms with Crippen LogP contribution < -0.4 is 0 Å². The Kier molecular flexibility index (Phi) is 2.30. The Hall–Kier alpha value is -0.540. The summed E-state index contributed by atoms with van der Waals surface area (Å²) in [7, 11) is 0. The predicted octanol–water partition coefficient (Wildman–Crippen LogP) is 1.93. The number of nitrogens with zero attached hydrogens (tertiary/aromatic N) is 2. The van der Waals surface area contributed by atoms with Gasteiger partial charge in [0.15, 0.2) is 0 Å². The Balaban J connectivity index is 2.29. The maximum atomic E-state index is 9.66. The van der Waals surface area contributed by atoms with Crippen LogP contribution in [0.4, 0.5) is 0 Å². The van der Waals surface area contributed by atoms with E-state index in [2.05, 4.69) is 5.10 Å². The number of aromatic nitrogens is 2. The van der Waals surface area contributed by atoms with E-state index in [0.29, 0.717) is 5.15 Å². The lowest BCUT2D eigenvalue weighted by atomic mass is 10.2. The zero-order valence-electron chi connectivity index (χ0n) is 7.57. The highest BCUT2D eigenvalue weighted by Crippen LogP contribution is 2.32. The summed E-state index contributed by atoms with van der Waals surface area (Å²) >= 11 is 6.04. The van der Waals surface area contributed by atoms with Gasteiger partial charge in [-0.25, -0.2) is 4.68 Å². The van der Waals surface area contributed by atoms with Crippen molar-refractivity contribution in [2.75, 3.05) is 0 Å². The Morgan fingerprint density at radius 1 is 1.62 bits per heavy atom. The fourth-order valence-electron chi connectivity index (χ4n) is 1.87. The molecule has 1 heterocycles. The quantitative estimate of drug-likeness (QED) is 0.753. The van der Waals surface area contributed by atoms with Gasteiger partial charge in [-0.05, 0) is 26.2 Å². The third-order valence-electron chi connectivity index (χ3n) is 2.66. The molecule has 0 saturated heterocycles. The molecule has 1 aliphatic rings. The summed E-state index contributed by atoms with van der Waals surface area (Å²) in [6.07, 6.45) is 4.35. The largest absolute Gasteiger partial charge is 0.391 e. The van der Waals surface area contributed by atoms with Gasteiger partial charge in [-0.3, -0.25) is 0 Å². The van der Waals surface area contributed by atoms with Crippen LogP contribution in [0.2, 0.25) is 5.15 Å². The molecule has 1 aromatic rings. The second kappa shape index (κ2) is 3.31. The van der Waals surface area contributed by atoms with E-state index in [4.69, 9.17) is 11.6 Å². The van der Waals surface area contributed by atoms with Crippen molar-refractivity contribution in [3.8, 4) is 0 Å². The minimum absolute atomic E-state index is 0.0844. The van der Waals surface area contributed by atoms with E-state index in [9.17, 15) is 5.11 Å². The SMILES string of the molecule is Cc1cnn(C2CCCC2O)c1Cl. The number of hydrogen-bond donors (Lipinski definition) is 1. The minimum Gasteiger partial charge on any atom is -0.391 e. The number of aliphatic hydroxyl groups excluding tert-OH is 1. The van der Waals surface area contributed by atoms with E-state index in [1.807, 2.05) is 6.92 Å². The van der Waals surface area contributed by atoms with Crippen molar-refractivity contribution >= 4 is 11.6 Å². The first-order chi connectivity index (χ1) is 6.20. The molecular formula is C9H13ClN2O. The van der Waals surface area contributed by atoms with Gasteiger partial charge in [-0.2, -0.15) is 5.10 Å². The normalized spacial score (nSPS) is 28.2. The van der Waals surface area contributed by atoms with Crippen LogP contribution in [-0.2, 0) is 0 Å².